The fourth-order valence-electron chi connectivity index (χ4n) is 2.08. The highest BCUT2D eigenvalue weighted by molar-refractivity contribution is 5.77. The molecule has 6 heteroatoms. The van der Waals surface area contributed by atoms with Gasteiger partial charge in [0.25, 0.3) is 0 Å². The topological polar surface area (TPSA) is 67.4 Å². The molecule has 0 saturated carbocycles. The zero-order valence-electron chi connectivity index (χ0n) is 11.2. The average Bonchev–Trinajstić information content (AvgIpc) is 2.90. The number of ether oxygens (including phenoxy) is 1. The van der Waals surface area contributed by atoms with Crippen LogP contribution in [0.15, 0.2) is 18.6 Å². The summed E-state index contributed by atoms with van der Waals surface area (Å²) >= 11 is 0. The second kappa shape index (κ2) is 7.16. The predicted octanol–water partition coefficient (Wildman–Crippen LogP) is 0.204. The minimum Gasteiger partial charge on any atom is -0.376 e. The number of hydrogen-bond donors (Lipinski definition) is 1. The van der Waals surface area contributed by atoms with Crippen LogP contribution in [0.4, 0.5) is 0 Å². The highest BCUT2D eigenvalue weighted by Crippen LogP contribution is 2.10. The van der Waals surface area contributed by atoms with Gasteiger partial charge in [-0.25, -0.2) is 0 Å². The average molecular weight is 264 g/mol. The van der Waals surface area contributed by atoms with Gasteiger partial charge in [0.2, 0.25) is 5.91 Å². The van der Waals surface area contributed by atoms with Crippen molar-refractivity contribution in [3.05, 3.63) is 24.3 Å². The number of hydrogen-bond acceptors (Lipinski definition) is 5. The first-order valence-corrected chi connectivity index (χ1v) is 6.56. The Bertz CT molecular complexity index is 393. The van der Waals surface area contributed by atoms with Crippen molar-refractivity contribution in [2.24, 2.45) is 0 Å². The summed E-state index contributed by atoms with van der Waals surface area (Å²) in [4.78, 5) is 21.8. The third kappa shape index (κ3) is 4.92. The Morgan fingerprint density at radius 1 is 1.58 bits per heavy atom. The van der Waals surface area contributed by atoms with Crippen LogP contribution < -0.4 is 5.32 Å². The minimum absolute atomic E-state index is 0.0156. The Morgan fingerprint density at radius 3 is 3.16 bits per heavy atom. The summed E-state index contributed by atoms with van der Waals surface area (Å²) in [7, 11) is 1.89. The smallest absolute Gasteiger partial charge is 0.234 e. The van der Waals surface area contributed by atoms with Crippen molar-refractivity contribution in [3.8, 4) is 0 Å². The molecule has 0 aromatic carbocycles. The lowest BCUT2D eigenvalue weighted by Crippen LogP contribution is -2.38. The van der Waals surface area contributed by atoms with Gasteiger partial charge in [-0.2, -0.15) is 0 Å². The maximum Gasteiger partial charge on any atom is 0.234 e. The Morgan fingerprint density at radius 2 is 2.47 bits per heavy atom. The number of carbonyl (C=O) groups excluding carboxylic acids is 1. The molecule has 2 rings (SSSR count). The van der Waals surface area contributed by atoms with E-state index in [4.69, 9.17) is 4.74 Å². The largest absolute Gasteiger partial charge is 0.376 e. The monoisotopic (exact) mass is 264 g/mol. The van der Waals surface area contributed by atoms with Gasteiger partial charge < -0.3 is 10.1 Å². The van der Waals surface area contributed by atoms with Gasteiger partial charge in [0.05, 0.1) is 18.3 Å². The zero-order valence-corrected chi connectivity index (χ0v) is 11.2. The molecule has 1 saturated heterocycles. The molecule has 1 amide bonds. The molecule has 6 nitrogen and oxygen atoms in total. The van der Waals surface area contributed by atoms with E-state index in [9.17, 15) is 4.79 Å². The number of likely N-dealkylation sites (N-methyl/N-ethyl adjacent to an activating group) is 1. The highest BCUT2D eigenvalue weighted by atomic mass is 16.5. The Kier molecular flexibility index (Phi) is 5.23. The van der Waals surface area contributed by atoms with E-state index in [1.54, 1.807) is 18.6 Å². The fourth-order valence-corrected chi connectivity index (χ4v) is 2.08. The molecule has 1 aromatic heterocycles. The zero-order chi connectivity index (χ0) is 13.5. The van der Waals surface area contributed by atoms with E-state index >= 15 is 0 Å². The molecular formula is C13H20N4O2. The molecule has 0 bridgehead atoms. The van der Waals surface area contributed by atoms with E-state index in [-0.39, 0.29) is 12.0 Å². The van der Waals surface area contributed by atoms with Crippen molar-refractivity contribution < 1.29 is 9.53 Å². The van der Waals surface area contributed by atoms with Gasteiger partial charge in [0.1, 0.15) is 0 Å². The van der Waals surface area contributed by atoms with E-state index in [1.165, 1.54) is 0 Å². The van der Waals surface area contributed by atoms with Crippen molar-refractivity contribution in [1.29, 1.82) is 0 Å². The summed E-state index contributed by atoms with van der Waals surface area (Å²) in [6, 6.07) is 0. The predicted molar refractivity (Wildman–Crippen MR) is 70.3 cm³/mol. The van der Waals surface area contributed by atoms with Crippen LogP contribution in [0.25, 0.3) is 0 Å². The lowest BCUT2D eigenvalue weighted by Gasteiger charge is -2.16. The van der Waals surface area contributed by atoms with Crippen molar-refractivity contribution in [1.82, 2.24) is 20.2 Å². The normalized spacial score (nSPS) is 18.7. The first-order valence-electron chi connectivity index (χ1n) is 6.56. The van der Waals surface area contributed by atoms with Crippen LogP contribution in [-0.4, -0.2) is 53.6 Å². The van der Waals surface area contributed by atoms with Crippen LogP contribution in [0.2, 0.25) is 0 Å². The Balaban J connectivity index is 1.66. The van der Waals surface area contributed by atoms with E-state index in [1.807, 2.05) is 11.9 Å². The minimum atomic E-state index is 0.0156. The van der Waals surface area contributed by atoms with E-state index < -0.39 is 0 Å². The third-order valence-corrected chi connectivity index (χ3v) is 3.01. The summed E-state index contributed by atoms with van der Waals surface area (Å²) in [5, 5.41) is 2.90. The van der Waals surface area contributed by atoms with Crippen LogP contribution in [0.3, 0.4) is 0 Å². The standard InChI is InChI=1S/C13H20N4O2/c1-17(9-11-7-14-4-5-15-11)10-13(18)16-8-12-3-2-6-19-12/h4-5,7,12H,2-3,6,8-10H2,1H3,(H,16,18). The molecule has 1 aliphatic rings. The molecule has 104 valence electrons. The molecule has 1 N–H and O–H groups in total. The maximum atomic E-state index is 11.8. The van der Waals surface area contributed by atoms with Crippen LogP contribution >= 0.6 is 0 Å². The Labute approximate surface area is 113 Å². The maximum absolute atomic E-state index is 11.8. The number of amides is 1. The van der Waals surface area contributed by atoms with Gasteiger partial charge in [0, 0.05) is 38.3 Å². The lowest BCUT2D eigenvalue weighted by atomic mass is 10.2. The number of aromatic nitrogens is 2. The summed E-state index contributed by atoms with van der Waals surface area (Å²) in [6.45, 7) is 2.38. The second-order valence-electron chi connectivity index (χ2n) is 4.81. The number of nitrogens with one attached hydrogen (secondary N) is 1. The van der Waals surface area contributed by atoms with Crippen molar-refractivity contribution in [2.45, 2.75) is 25.5 Å². The Hall–Kier alpha value is -1.53. The molecule has 0 radical (unpaired) electrons. The van der Waals surface area contributed by atoms with Gasteiger partial charge in [0.15, 0.2) is 0 Å². The second-order valence-corrected chi connectivity index (χ2v) is 4.81. The molecule has 19 heavy (non-hydrogen) atoms. The summed E-state index contributed by atoms with van der Waals surface area (Å²) in [5.41, 5.74) is 0.858. The van der Waals surface area contributed by atoms with Crippen LogP contribution in [-0.2, 0) is 16.1 Å². The van der Waals surface area contributed by atoms with Crippen molar-refractivity contribution in [2.75, 3.05) is 26.7 Å². The van der Waals surface area contributed by atoms with Gasteiger partial charge in [-0.3, -0.25) is 19.7 Å². The van der Waals surface area contributed by atoms with Gasteiger partial charge >= 0.3 is 0 Å². The van der Waals surface area contributed by atoms with Crippen molar-refractivity contribution >= 4 is 5.91 Å². The number of nitrogens with zero attached hydrogens (tertiary/aromatic N) is 3. The van der Waals surface area contributed by atoms with Gasteiger partial charge in [-0.05, 0) is 19.9 Å². The quantitative estimate of drug-likeness (QED) is 0.795. The molecule has 1 fully saturated rings. The summed E-state index contributed by atoms with van der Waals surface area (Å²) < 4.78 is 5.46. The third-order valence-electron chi connectivity index (χ3n) is 3.01. The molecule has 0 aliphatic carbocycles. The first kappa shape index (κ1) is 13.9. The molecule has 1 atom stereocenters. The molecule has 0 spiro atoms. The van der Waals surface area contributed by atoms with E-state index in [2.05, 4.69) is 15.3 Å². The molecular weight excluding hydrogens is 244 g/mol. The van der Waals surface area contributed by atoms with Crippen molar-refractivity contribution in [3.63, 3.8) is 0 Å². The molecule has 2 heterocycles. The lowest BCUT2D eigenvalue weighted by molar-refractivity contribution is -0.122. The summed E-state index contributed by atoms with van der Waals surface area (Å²) in [6.07, 6.45) is 7.32. The highest BCUT2D eigenvalue weighted by Gasteiger charge is 2.16. The molecule has 1 aromatic rings. The molecule has 1 unspecified atom stereocenters. The van der Waals surface area contributed by atoms with E-state index in [0.29, 0.717) is 19.6 Å². The SMILES string of the molecule is CN(CC(=O)NCC1CCCO1)Cc1cnccn1. The van der Waals surface area contributed by atoms with Crippen LogP contribution in [0.1, 0.15) is 18.5 Å². The summed E-state index contributed by atoms with van der Waals surface area (Å²) in [5.74, 6) is 0.0156. The molecule has 1 aliphatic heterocycles. The van der Waals surface area contributed by atoms with Crippen LogP contribution in [0, 0.1) is 0 Å². The van der Waals surface area contributed by atoms with E-state index in [0.717, 1.165) is 25.1 Å². The van der Waals surface area contributed by atoms with Gasteiger partial charge in [-0.1, -0.05) is 0 Å². The fraction of sp³-hybridized carbons (Fsp3) is 0.615. The van der Waals surface area contributed by atoms with Crippen LogP contribution in [0.5, 0.6) is 0 Å². The number of carbonyl (C=O) groups is 1. The first-order chi connectivity index (χ1) is 9.24. The van der Waals surface area contributed by atoms with Gasteiger partial charge in [-0.15, -0.1) is 0 Å². The number of rotatable bonds is 6.